The molecule has 0 saturated carbocycles. The van der Waals surface area contributed by atoms with Crippen LogP contribution in [0.25, 0.3) is 15.9 Å². The summed E-state index contributed by atoms with van der Waals surface area (Å²) < 4.78 is 6.92. The molecular formula is C26H25N3O3S2. The fourth-order valence-electron chi connectivity index (χ4n) is 4.32. The van der Waals surface area contributed by atoms with Crippen molar-refractivity contribution >= 4 is 44.9 Å². The van der Waals surface area contributed by atoms with Gasteiger partial charge in [-0.3, -0.25) is 14.2 Å². The zero-order valence-electron chi connectivity index (χ0n) is 19.3. The molecule has 4 aromatic rings. The van der Waals surface area contributed by atoms with Crippen molar-refractivity contribution in [2.45, 2.75) is 38.3 Å². The third-order valence-electron chi connectivity index (χ3n) is 6.00. The normalized spacial score (nSPS) is 12.7. The fraction of sp³-hybridized carbons (Fsp3) is 0.269. The standard InChI is InChI=1S/C26H25N3O3S2/c1-15-10-11-16(2)20(12-15)29-25(31)23-19-8-5-9-21(19)34-24(23)28-26(29)33-14-22(30)27-17-6-4-7-18(13-17)32-3/h4,6-7,10-13H,5,8-9,14H2,1-3H3,(H,27,30). The summed E-state index contributed by atoms with van der Waals surface area (Å²) in [5, 5.41) is 4.17. The van der Waals surface area contributed by atoms with Crippen molar-refractivity contribution in [3.63, 3.8) is 0 Å². The Balaban J connectivity index is 1.52. The number of rotatable bonds is 6. The van der Waals surface area contributed by atoms with Crippen LogP contribution in [0.2, 0.25) is 0 Å². The predicted octanol–water partition coefficient (Wildman–Crippen LogP) is 5.29. The second-order valence-corrected chi connectivity index (χ2v) is 10.5. The first kappa shape index (κ1) is 22.7. The molecule has 0 bridgehead atoms. The van der Waals surface area contributed by atoms with E-state index in [9.17, 15) is 9.59 Å². The highest BCUT2D eigenvalue weighted by molar-refractivity contribution is 7.99. The van der Waals surface area contributed by atoms with Crippen LogP contribution in [0, 0.1) is 13.8 Å². The summed E-state index contributed by atoms with van der Waals surface area (Å²) in [4.78, 5) is 33.5. The molecule has 2 aromatic carbocycles. The summed E-state index contributed by atoms with van der Waals surface area (Å²) in [6.07, 6.45) is 3.01. The minimum atomic E-state index is -0.172. The Hall–Kier alpha value is -3.10. The number of aromatic nitrogens is 2. The third kappa shape index (κ3) is 4.23. The highest BCUT2D eigenvalue weighted by atomic mass is 32.2. The molecule has 1 amide bonds. The molecule has 34 heavy (non-hydrogen) atoms. The number of fused-ring (bicyclic) bond motifs is 3. The van der Waals surface area contributed by atoms with Crippen molar-refractivity contribution in [3.05, 3.63) is 74.4 Å². The molecule has 0 saturated heterocycles. The lowest BCUT2D eigenvalue weighted by Crippen LogP contribution is -2.23. The van der Waals surface area contributed by atoms with Crippen LogP contribution in [-0.4, -0.2) is 28.3 Å². The zero-order valence-corrected chi connectivity index (χ0v) is 20.9. The first-order valence-corrected chi connectivity index (χ1v) is 13.0. The second kappa shape index (κ2) is 9.27. The number of carbonyl (C=O) groups excluding carboxylic acids is 1. The number of anilines is 1. The molecule has 6 nitrogen and oxygen atoms in total. The van der Waals surface area contributed by atoms with Crippen molar-refractivity contribution in [2.24, 2.45) is 0 Å². The molecular weight excluding hydrogens is 466 g/mol. The van der Waals surface area contributed by atoms with Gasteiger partial charge in [0, 0.05) is 16.6 Å². The Labute approximate surface area is 206 Å². The van der Waals surface area contributed by atoms with E-state index in [0.717, 1.165) is 51.9 Å². The number of amides is 1. The molecule has 174 valence electrons. The molecule has 5 rings (SSSR count). The van der Waals surface area contributed by atoms with Crippen molar-refractivity contribution in [1.82, 2.24) is 9.55 Å². The average Bonchev–Trinajstić information content (AvgIpc) is 3.41. The Morgan fingerprint density at radius 1 is 1.21 bits per heavy atom. The van der Waals surface area contributed by atoms with E-state index in [1.165, 1.54) is 16.6 Å². The van der Waals surface area contributed by atoms with Crippen molar-refractivity contribution < 1.29 is 9.53 Å². The summed E-state index contributed by atoms with van der Waals surface area (Å²) in [6, 6.07) is 13.3. The van der Waals surface area contributed by atoms with E-state index in [1.807, 2.05) is 50.2 Å². The van der Waals surface area contributed by atoms with E-state index in [4.69, 9.17) is 9.72 Å². The van der Waals surface area contributed by atoms with Gasteiger partial charge in [0.15, 0.2) is 5.16 Å². The molecule has 0 aliphatic heterocycles. The molecule has 2 aromatic heterocycles. The quantitative estimate of drug-likeness (QED) is 0.293. The van der Waals surface area contributed by atoms with E-state index >= 15 is 0 Å². The topological polar surface area (TPSA) is 73.2 Å². The van der Waals surface area contributed by atoms with E-state index in [0.29, 0.717) is 16.6 Å². The van der Waals surface area contributed by atoms with Gasteiger partial charge in [-0.25, -0.2) is 4.98 Å². The van der Waals surface area contributed by atoms with Gasteiger partial charge in [0.2, 0.25) is 5.91 Å². The minimum Gasteiger partial charge on any atom is -0.497 e. The SMILES string of the molecule is COc1cccc(NC(=O)CSc2nc3sc4c(c3c(=O)n2-c2cc(C)ccc2C)CCC4)c1. The number of hydrogen-bond acceptors (Lipinski definition) is 6. The van der Waals surface area contributed by atoms with Crippen LogP contribution >= 0.6 is 23.1 Å². The Bertz CT molecular complexity index is 1470. The number of hydrogen-bond donors (Lipinski definition) is 1. The number of methoxy groups -OCH3 is 1. The van der Waals surface area contributed by atoms with Crippen molar-refractivity contribution in [1.29, 1.82) is 0 Å². The van der Waals surface area contributed by atoms with Crippen LogP contribution in [0.15, 0.2) is 52.4 Å². The van der Waals surface area contributed by atoms with Gasteiger partial charge in [-0.05, 0) is 68.0 Å². The fourth-order valence-corrected chi connectivity index (χ4v) is 6.43. The maximum Gasteiger partial charge on any atom is 0.267 e. The number of nitrogens with one attached hydrogen (secondary N) is 1. The van der Waals surface area contributed by atoms with Crippen molar-refractivity contribution in [2.75, 3.05) is 18.2 Å². The number of ether oxygens (including phenoxy) is 1. The smallest absolute Gasteiger partial charge is 0.267 e. The van der Waals surface area contributed by atoms with Gasteiger partial charge in [0.25, 0.3) is 5.56 Å². The van der Waals surface area contributed by atoms with E-state index in [-0.39, 0.29) is 17.2 Å². The van der Waals surface area contributed by atoms with E-state index < -0.39 is 0 Å². The number of thiophene rings is 1. The van der Waals surface area contributed by atoms with Crippen LogP contribution in [-0.2, 0) is 17.6 Å². The van der Waals surface area contributed by atoms with Gasteiger partial charge < -0.3 is 10.1 Å². The largest absolute Gasteiger partial charge is 0.497 e. The predicted molar refractivity (Wildman–Crippen MR) is 139 cm³/mol. The zero-order chi connectivity index (χ0) is 23.8. The summed E-state index contributed by atoms with van der Waals surface area (Å²) in [5.41, 5.74) is 4.64. The van der Waals surface area contributed by atoms with E-state index in [1.54, 1.807) is 29.1 Å². The molecule has 0 atom stereocenters. The lowest BCUT2D eigenvalue weighted by Gasteiger charge is -2.15. The summed E-state index contributed by atoms with van der Waals surface area (Å²) in [6.45, 7) is 4.00. The summed E-state index contributed by atoms with van der Waals surface area (Å²) >= 11 is 2.89. The van der Waals surface area contributed by atoms with Crippen LogP contribution < -0.4 is 15.6 Å². The highest BCUT2D eigenvalue weighted by Crippen LogP contribution is 2.36. The number of nitrogens with zero attached hydrogens (tertiary/aromatic N) is 2. The Morgan fingerprint density at radius 3 is 2.88 bits per heavy atom. The molecule has 8 heteroatoms. The molecule has 1 N–H and O–H groups in total. The first-order valence-electron chi connectivity index (χ1n) is 11.2. The minimum absolute atomic E-state index is 0.0474. The van der Waals surface area contributed by atoms with Gasteiger partial charge >= 0.3 is 0 Å². The molecule has 2 heterocycles. The average molecular weight is 492 g/mol. The van der Waals surface area contributed by atoms with Gasteiger partial charge in [-0.1, -0.05) is 30.0 Å². The second-order valence-electron chi connectivity index (χ2n) is 8.43. The van der Waals surface area contributed by atoms with Gasteiger partial charge in [-0.15, -0.1) is 11.3 Å². The number of carbonyl (C=O) groups is 1. The molecule has 0 fully saturated rings. The number of thioether (sulfide) groups is 1. The molecule has 1 aliphatic carbocycles. The third-order valence-corrected chi connectivity index (χ3v) is 8.12. The first-order chi connectivity index (χ1) is 16.4. The van der Waals surface area contributed by atoms with Crippen LogP contribution in [0.5, 0.6) is 5.75 Å². The molecule has 1 aliphatic rings. The molecule has 0 radical (unpaired) electrons. The highest BCUT2D eigenvalue weighted by Gasteiger charge is 2.24. The summed E-state index contributed by atoms with van der Waals surface area (Å²) in [7, 11) is 1.59. The number of aryl methyl sites for hydroxylation is 4. The lowest BCUT2D eigenvalue weighted by molar-refractivity contribution is -0.113. The van der Waals surface area contributed by atoms with E-state index in [2.05, 4.69) is 5.32 Å². The van der Waals surface area contributed by atoms with Crippen molar-refractivity contribution in [3.8, 4) is 11.4 Å². The van der Waals surface area contributed by atoms with Crippen LogP contribution in [0.4, 0.5) is 5.69 Å². The lowest BCUT2D eigenvalue weighted by atomic mass is 10.1. The van der Waals surface area contributed by atoms with Crippen LogP contribution in [0.3, 0.4) is 0 Å². The van der Waals surface area contributed by atoms with Gasteiger partial charge in [0.1, 0.15) is 10.6 Å². The van der Waals surface area contributed by atoms with Gasteiger partial charge in [0.05, 0.1) is 23.9 Å². The Kier molecular flexibility index (Phi) is 6.18. The van der Waals surface area contributed by atoms with Gasteiger partial charge in [-0.2, -0.15) is 0 Å². The maximum atomic E-state index is 13.8. The monoisotopic (exact) mass is 491 g/mol. The van der Waals surface area contributed by atoms with Crippen LogP contribution in [0.1, 0.15) is 28.0 Å². The number of benzene rings is 2. The maximum absolute atomic E-state index is 13.8. The summed E-state index contributed by atoms with van der Waals surface area (Å²) in [5.74, 6) is 0.631. The Morgan fingerprint density at radius 2 is 2.06 bits per heavy atom. The molecule has 0 unspecified atom stereocenters. The molecule has 0 spiro atoms.